The van der Waals surface area contributed by atoms with Crippen molar-refractivity contribution in [3.63, 3.8) is 0 Å². The van der Waals surface area contributed by atoms with Gasteiger partial charge in [0.05, 0.1) is 24.1 Å². The smallest absolute Gasteiger partial charge is 0.272 e. The van der Waals surface area contributed by atoms with Crippen LogP contribution in [0.15, 0.2) is 18.5 Å². The van der Waals surface area contributed by atoms with Gasteiger partial charge in [-0.05, 0) is 6.07 Å². The van der Waals surface area contributed by atoms with Gasteiger partial charge in [0.2, 0.25) is 0 Å². The van der Waals surface area contributed by atoms with Crippen LogP contribution < -0.4 is 5.32 Å². The van der Waals surface area contributed by atoms with Crippen molar-refractivity contribution in [3.8, 4) is 0 Å². The molecule has 3 heterocycles. The third-order valence-corrected chi connectivity index (χ3v) is 3.40. The van der Waals surface area contributed by atoms with E-state index in [9.17, 15) is 4.79 Å². The van der Waals surface area contributed by atoms with Crippen LogP contribution in [-0.4, -0.2) is 65.4 Å². The van der Waals surface area contributed by atoms with Gasteiger partial charge in [-0.2, -0.15) is 5.10 Å². The Hall–Kier alpha value is -1.99. The second kappa shape index (κ2) is 5.98. The number of rotatable bonds is 4. The molecule has 0 atom stereocenters. The molecule has 0 bridgehead atoms. The third-order valence-electron chi connectivity index (χ3n) is 3.40. The largest absolute Gasteiger partial charge is 0.379 e. The molecule has 0 aliphatic carbocycles. The standard InChI is InChI=1S/C13H17N5O2/c19-13(15-3-4-18-5-7-20-8-6-18)12-10-9-14-2-1-11(10)16-17-12/h1-2,9H,3-8H2,(H,15,19)(H,16,17). The number of fused-ring (bicyclic) bond motifs is 1. The maximum atomic E-state index is 12.1. The first kappa shape index (κ1) is 13.0. The van der Waals surface area contributed by atoms with Gasteiger partial charge in [-0.15, -0.1) is 0 Å². The third kappa shape index (κ3) is 2.78. The van der Waals surface area contributed by atoms with Crippen molar-refractivity contribution >= 4 is 16.8 Å². The van der Waals surface area contributed by atoms with Gasteiger partial charge in [-0.1, -0.05) is 0 Å². The fraction of sp³-hybridized carbons (Fsp3) is 0.462. The van der Waals surface area contributed by atoms with Gasteiger partial charge >= 0.3 is 0 Å². The van der Waals surface area contributed by atoms with Crippen molar-refractivity contribution in [2.45, 2.75) is 0 Å². The summed E-state index contributed by atoms with van der Waals surface area (Å²) in [6.45, 7) is 4.81. The summed E-state index contributed by atoms with van der Waals surface area (Å²) in [5.74, 6) is -0.169. The summed E-state index contributed by atoms with van der Waals surface area (Å²) >= 11 is 0. The Labute approximate surface area is 116 Å². The molecular formula is C13H17N5O2. The molecule has 1 amide bonds. The molecule has 2 N–H and O–H groups in total. The lowest BCUT2D eigenvalue weighted by molar-refractivity contribution is 0.0383. The van der Waals surface area contributed by atoms with Crippen LogP contribution in [0, 0.1) is 0 Å². The summed E-state index contributed by atoms with van der Waals surface area (Å²) in [5.41, 5.74) is 1.22. The van der Waals surface area contributed by atoms with Gasteiger partial charge in [0.25, 0.3) is 5.91 Å². The van der Waals surface area contributed by atoms with Crippen molar-refractivity contribution in [2.75, 3.05) is 39.4 Å². The summed E-state index contributed by atoms with van der Waals surface area (Å²) < 4.78 is 5.28. The summed E-state index contributed by atoms with van der Waals surface area (Å²) in [5, 5.41) is 10.5. The molecule has 1 saturated heterocycles. The average Bonchev–Trinajstić information content (AvgIpc) is 2.92. The molecule has 2 aromatic rings. The van der Waals surface area contributed by atoms with Crippen molar-refractivity contribution in [1.82, 2.24) is 25.4 Å². The highest BCUT2D eigenvalue weighted by Gasteiger charge is 2.15. The molecule has 0 spiro atoms. The average molecular weight is 275 g/mol. The molecule has 0 aromatic carbocycles. The number of aromatic amines is 1. The molecule has 0 saturated carbocycles. The Bertz CT molecular complexity index is 591. The molecule has 0 unspecified atom stereocenters. The molecule has 106 valence electrons. The topological polar surface area (TPSA) is 83.1 Å². The van der Waals surface area contributed by atoms with Crippen molar-refractivity contribution in [2.24, 2.45) is 0 Å². The summed E-state index contributed by atoms with van der Waals surface area (Å²) in [6.07, 6.45) is 3.32. The lowest BCUT2D eigenvalue weighted by Gasteiger charge is -2.26. The van der Waals surface area contributed by atoms with E-state index < -0.39 is 0 Å². The SMILES string of the molecule is O=C(NCCN1CCOCC1)c1n[nH]c2ccncc12. The van der Waals surface area contributed by atoms with Gasteiger partial charge < -0.3 is 10.1 Å². The first-order valence-electron chi connectivity index (χ1n) is 6.71. The Morgan fingerprint density at radius 3 is 3.15 bits per heavy atom. The Morgan fingerprint density at radius 1 is 1.45 bits per heavy atom. The number of aromatic nitrogens is 3. The number of hydrogen-bond acceptors (Lipinski definition) is 5. The van der Waals surface area contributed by atoms with Crippen molar-refractivity contribution < 1.29 is 9.53 Å². The summed E-state index contributed by atoms with van der Waals surface area (Å²) in [7, 11) is 0. The fourth-order valence-electron chi connectivity index (χ4n) is 2.27. The van der Waals surface area contributed by atoms with E-state index in [-0.39, 0.29) is 5.91 Å². The fourth-order valence-corrected chi connectivity index (χ4v) is 2.27. The second-order valence-electron chi connectivity index (χ2n) is 4.70. The Balaban J connectivity index is 1.56. The number of ether oxygens (including phenoxy) is 1. The van der Waals surface area contributed by atoms with Crippen LogP contribution in [0.4, 0.5) is 0 Å². The van der Waals surface area contributed by atoms with Crippen LogP contribution in [0.3, 0.4) is 0 Å². The zero-order valence-electron chi connectivity index (χ0n) is 11.1. The van der Waals surface area contributed by atoms with E-state index in [2.05, 4.69) is 25.4 Å². The lowest BCUT2D eigenvalue weighted by atomic mass is 10.2. The van der Waals surface area contributed by atoms with E-state index in [1.165, 1.54) is 0 Å². The number of carbonyl (C=O) groups excluding carboxylic acids is 1. The Morgan fingerprint density at radius 2 is 2.30 bits per heavy atom. The molecular weight excluding hydrogens is 258 g/mol. The zero-order chi connectivity index (χ0) is 13.8. The monoisotopic (exact) mass is 275 g/mol. The number of nitrogens with one attached hydrogen (secondary N) is 2. The number of amides is 1. The number of morpholine rings is 1. The van der Waals surface area contributed by atoms with E-state index in [1.54, 1.807) is 18.5 Å². The van der Waals surface area contributed by atoms with Crippen LogP contribution in [0.5, 0.6) is 0 Å². The predicted octanol–water partition coefficient (Wildman–Crippen LogP) is 0.0199. The minimum absolute atomic E-state index is 0.169. The van der Waals surface area contributed by atoms with Crippen LogP contribution in [0.1, 0.15) is 10.5 Å². The van der Waals surface area contributed by atoms with Gasteiger partial charge in [0.1, 0.15) is 0 Å². The van der Waals surface area contributed by atoms with Gasteiger partial charge in [0, 0.05) is 38.6 Å². The molecule has 0 radical (unpaired) electrons. The number of pyridine rings is 1. The number of H-pyrrole nitrogens is 1. The normalized spacial score (nSPS) is 16.4. The molecule has 20 heavy (non-hydrogen) atoms. The van der Waals surface area contributed by atoms with Crippen LogP contribution >= 0.6 is 0 Å². The van der Waals surface area contributed by atoms with E-state index in [4.69, 9.17) is 4.74 Å². The highest BCUT2D eigenvalue weighted by Crippen LogP contribution is 2.13. The zero-order valence-corrected chi connectivity index (χ0v) is 11.1. The van der Waals surface area contributed by atoms with Gasteiger partial charge in [-0.3, -0.25) is 19.8 Å². The number of hydrogen-bond donors (Lipinski definition) is 2. The van der Waals surface area contributed by atoms with Crippen LogP contribution in [0.2, 0.25) is 0 Å². The summed E-state index contributed by atoms with van der Waals surface area (Å²) in [6, 6.07) is 1.80. The first-order valence-corrected chi connectivity index (χ1v) is 6.71. The highest BCUT2D eigenvalue weighted by atomic mass is 16.5. The van der Waals surface area contributed by atoms with E-state index >= 15 is 0 Å². The number of carbonyl (C=O) groups is 1. The first-order chi connectivity index (χ1) is 9.84. The molecule has 1 fully saturated rings. The lowest BCUT2D eigenvalue weighted by Crippen LogP contribution is -2.41. The molecule has 7 nitrogen and oxygen atoms in total. The highest BCUT2D eigenvalue weighted by molar-refractivity contribution is 6.04. The maximum absolute atomic E-state index is 12.1. The predicted molar refractivity (Wildman–Crippen MR) is 73.5 cm³/mol. The van der Waals surface area contributed by atoms with E-state index in [0.717, 1.165) is 43.8 Å². The molecule has 1 aliphatic rings. The number of nitrogens with zero attached hydrogens (tertiary/aromatic N) is 3. The molecule has 3 rings (SSSR count). The van der Waals surface area contributed by atoms with Gasteiger partial charge in [-0.25, -0.2) is 0 Å². The van der Waals surface area contributed by atoms with Crippen molar-refractivity contribution in [3.05, 3.63) is 24.2 Å². The minimum Gasteiger partial charge on any atom is -0.379 e. The maximum Gasteiger partial charge on any atom is 0.272 e. The summed E-state index contributed by atoms with van der Waals surface area (Å²) in [4.78, 5) is 18.4. The second-order valence-corrected chi connectivity index (χ2v) is 4.70. The van der Waals surface area contributed by atoms with Crippen molar-refractivity contribution in [1.29, 1.82) is 0 Å². The van der Waals surface area contributed by atoms with Crippen LogP contribution in [0.25, 0.3) is 10.9 Å². The van der Waals surface area contributed by atoms with E-state index in [0.29, 0.717) is 12.2 Å². The minimum atomic E-state index is -0.169. The molecule has 7 heteroatoms. The van der Waals surface area contributed by atoms with Crippen LogP contribution in [-0.2, 0) is 4.74 Å². The molecule has 2 aromatic heterocycles. The van der Waals surface area contributed by atoms with E-state index in [1.807, 2.05) is 0 Å². The molecule has 1 aliphatic heterocycles. The Kier molecular flexibility index (Phi) is 3.89. The van der Waals surface area contributed by atoms with Gasteiger partial charge in [0.15, 0.2) is 5.69 Å². The quantitative estimate of drug-likeness (QED) is 0.822.